The zero-order chi connectivity index (χ0) is 18.6. The molecule has 27 heavy (non-hydrogen) atoms. The van der Waals surface area contributed by atoms with Gasteiger partial charge in [-0.2, -0.15) is 0 Å². The molecule has 4 rings (SSSR count). The van der Waals surface area contributed by atoms with Gasteiger partial charge in [0.15, 0.2) is 5.76 Å². The highest BCUT2D eigenvalue weighted by atomic mass is 16.5. The highest BCUT2D eigenvalue weighted by Gasteiger charge is 2.26. The summed E-state index contributed by atoms with van der Waals surface area (Å²) in [7, 11) is 1.69. The Hall–Kier alpha value is -3.13. The Bertz CT molecular complexity index is 889. The molecule has 2 amide bonds. The average Bonchev–Trinajstić information content (AvgIpc) is 3.43. The number of aromatic nitrogens is 2. The molecule has 3 aromatic rings. The molecule has 0 aliphatic carbocycles. The smallest absolute Gasteiger partial charge is 0.321 e. The molecule has 8 nitrogen and oxygen atoms in total. The number of likely N-dealkylation sites (tertiary alicyclic amines) is 1. The molecular weight excluding hydrogens is 348 g/mol. The highest BCUT2D eigenvalue weighted by molar-refractivity contribution is 5.89. The second kappa shape index (κ2) is 7.63. The summed E-state index contributed by atoms with van der Waals surface area (Å²) in [5.74, 6) is 1.65. The van der Waals surface area contributed by atoms with Gasteiger partial charge in [-0.1, -0.05) is 0 Å². The fourth-order valence-corrected chi connectivity index (χ4v) is 3.13. The van der Waals surface area contributed by atoms with Crippen molar-refractivity contribution in [2.45, 2.75) is 6.42 Å². The van der Waals surface area contributed by atoms with Crippen molar-refractivity contribution in [1.82, 2.24) is 15.1 Å². The lowest BCUT2D eigenvalue weighted by Gasteiger charge is -2.17. The van der Waals surface area contributed by atoms with Crippen LogP contribution in [0.25, 0.3) is 23.1 Å². The summed E-state index contributed by atoms with van der Waals surface area (Å²) in [6.07, 6.45) is 2.52. The number of ether oxygens (including phenoxy) is 1. The Morgan fingerprint density at radius 1 is 1.26 bits per heavy atom. The fraction of sp³-hybridized carbons (Fsp3) is 0.316. The van der Waals surface area contributed by atoms with Gasteiger partial charge in [-0.3, -0.25) is 0 Å². The largest absolute Gasteiger partial charge is 0.459 e. The Morgan fingerprint density at radius 2 is 2.07 bits per heavy atom. The maximum Gasteiger partial charge on any atom is 0.321 e. The molecule has 0 saturated carbocycles. The lowest BCUT2D eigenvalue weighted by Crippen LogP contribution is -2.33. The summed E-state index contributed by atoms with van der Waals surface area (Å²) in [5, 5.41) is 10.9. The van der Waals surface area contributed by atoms with Gasteiger partial charge in [0, 0.05) is 37.4 Å². The average molecular weight is 368 g/mol. The molecule has 1 saturated heterocycles. The summed E-state index contributed by atoms with van der Waals surface area (Å²) in [6, 6.07) is 10.7. The van der Waals surface area contributed by atoms with Crippen molar-refractivity contribution >= 4 is 11.7 Å². The topological polar surface area (TPSA) is 93.6 Å². The van der Waals surface area contributed by atoms with Gasteiger partial charge >= 0.3 is 6.03 Å². The number of furan rings is 1. The number of rotatable bonds is 5. The first-order chi connectivity index (χ1) is 13.2. The van der Waals surface area contributed by atoms with Crippen LogP contribution >= 0.6 is 0 Å². The summed E-state index contributed by atoms with van der Waals surface area (Å²) >= 11 is 0. The number of amides is 2. The molecule has 1 unspecified atom stereocenters. The minimum Gasteiger partial charge on any atom is -0.459 e. The molecule has 1 atom stereocenters. The summed E-state index contributed by atoms with van der Waals surface area (Å²) < 4.78 is 16.0. The van der Waals surface area contributed by atoms with E-state index in [9.17, 15) is 4.79 Å². The van der Waals surface area contributed by atoms with Gasteiger partial charge in [0.05, 0.1) is 12.9 Å². The predicted molar refractivity (Wildman–Crippen MR) is 98.0 cm³/mol. The SMILES string of the molecule is COCC1CCN(C(=O)Nc2ccc(-c3nnc(-c4ccco4)o3)cc2)C1. The van der Waals surface area contributed by atoms with Crippen LogP contribution in [-0.2, 0) is 4.74 Å². The Labute approximate surface area is 156 Å². The monoisotopic (exact) mass is 368 g/mol. The lowest BCUT2D eigenvalue weighted by molar-refractivity contribution is 0.154. The second-order valence-corrected chi connectivity index (χ2v) is 6.45. The minimum absolute atomic E-state index is 0.0979. The molecule has 1 aromatic carbocycles. The molecule has 1 N–H and O–H groups in total. The van der Waals surface area contributed by atoms with E-state index < -0.39 is 0 Å². The van der Waals surface area contributed by atoms with E-state index in [1.807, 2.05) is 29.2 Å². The van der Waals surface area contributed by atoms with E-state index in [0.717, 1.165) is 25.1 Å². The third-order valence-corrected chi connectivity index (χ3v) is 4.52. The van der Waals surface area contributed by atoms with Gasteiger partial charge in [0.2, 0.25) is 5.89 Å². The van der Waals surface area contributed by atoms with Crippen LogP contribution in [0.5, 0.6) is 0 Å². The number of nitrogens with zero attached hydrogens (tertiary/aromatic N) is 3. The number of benzene rings is 1. The quantitative estimate of drug-likeness (QED) is 0.741. The number of carbonyl (C=O) groups is 1. The first-order valence-corrected chi connectivity index (χ1v) is 8.75. The molecule has 1 aliphatic heterocycles. The van der Waals surface area contributed by atoms with Crippen molar-refractivity contribution in [2.75, 3.05) is 32.1 Å². The number of anilines is 1. The number of carbonyl (C=O) groups excluding carboxylic acids is 1. The normalized spacial score (nSPS) is 16.6. The van der Waals surface area contributed by atoms with Gasteiger partial charge < -0.3 is 23.8 Å². The first kappa shape index (κ1) is 17.3. The van der Waals surface area contributed by atoms with Crippen molar-refractivity contribution in [2.24, 2.45) is 5.92 Å². The molecule has 0 spiro atoms. The fourth-order valence-electron chi connectivity index (χ4n) is 3.13. The van der Waals surface area contributed by atoms with Gasteiger partial charge in [-0.25, -0.2) is 4.79 Å². The first-order valence-electron chi connectivity index (χ1n) is 8.75. The van der Waals surface area contributed by atoms with Crippen LogP contribution in [0.2, 0.25) is 0 Å². The van der Waals surface area contributed by atoms with E-state index in [2.05, 4.69) is 15.5 Å². The molecule has 1 fully saturated rings. The molecule has 8 heteroatoms. The third-order valence-electron chi connectivity index (χ3n) is 4.52. The van der Waals surface area contributed by atoms with Crippen molar-refractivity contribution < 1.29 is 18.4 Å². The number of hydrogen-bond acceptors (Lipinski definition) is 6. The lowest BCUT2D eigenvalue weighted by atomic mass is 10.1. The zero-order valence-electron chi connectivity index (χ0n) is 14.9. The number of methoxy groups -OCH3 is 1. The summed E-state index contributed by atoms with van der Waals surface area (Å²) in [6.45, 7) is 2.15. The van der Waals surface area contributed by atoms with E-state index in [0.29, 0.717) is 35.8 Å². The Balaban J connectivity index is 1.39. The van der Waals surface area contributed by atoms with Gasteiger partial charge in [0.1, 0.15) is 0 Å². The molecule has 140 valence electrons. The molecule has 0 bridgehead atoms. The van der Waals surface area contributed by atoms with Crippen LogP contribution in [0, 0.1) is 5.92 Å². The highest BCUT2D eigenvalue weighted by Crippen LogP contribution is 2.25. The number of urea groups is 1. The van der Waals surface area contributed by atoms with Gasteiger partial charge in [-0.05, 0) is 42.8 Å². The van der Waals surface area contributed by atoms with Crippen LogP contribution in [0.4, 0.5) is 10.5 Å². The van der Waals surface area contributed by atoms with E-state index in [4.69, 9.17) is 13.6 Å². The van der Waals surface area contributed by atoms with Crippen molar-refractivity contribution in [3.8, 4) is 23.1 Å². The van der Waals surface area contributed by atoms with E-state index >= 15 is 0 Å². The van der Waals surface area contributed by atoms with E-state index in [-0.39, 0.29) is 6.03 Å². The van der Waals surface area contributed by atoms with Crippen molar-refractivity contribution in [1.29, 1.82) is 0 Å². The molecule has 0 radical (unpaired) electrons. The number of nitrogens with one attached hydrogen (secondary N) is 1. The predicted octanol–water partition coefficient (Wildman–Crippen LogP) is 3.50. The maximum absolute atomic E-state index is 12.4. The van der Waals surface area contributed by atoms with Crippen LogP contribution in [-0.4, -0.2) is 47.9 Å². The Kier molecular flexibility index (Phi) is 4.88. The zero-order valence-corrected chi connectivity index (χ0v) is 14.9. The van der Waals surface area contributed by atoms with Crippen LogP contribution < -0.4 is 5.32 Å². The summed E-state index contributed by atoms with van der Waals surface area (Å²) in [5.41, 5.74) is 1.48. The van der Waals surface area contributed by atoms with Crippen LogP contribution in [0.15, 0.2) is 51.5 Å². The molecular formula is C19H20N4O4. The third kappa shape index (κ3) is 3.85. The number of hydrogen-bond donors (Lipinski definition) is 1. The minimum atomic E-state index is -0.0979. The second-order valence-electron chi connectivity index (χ2n) is 6.45. The van der Waals surface area contributed by atoms with E-state index in [1.54, 1.807) is 25.5 Å². The van der Waals surface area contributed by atoms with Crippen molar-refractivity contribution in [3.63, 3.8) is 0 Å². The molecule has 1 aliphatic rings. The summed E-state index contributed by atoms with van der Waals surface area (Å²) in [4.78, 5) is 14.2. The molecule has 2 aromatic heterocycles. The van der Waals surface area contributed by atoms with Gasteiger partial charge in [0.25, 0.3) is 5.89 Å². The molecule has 3 heterocycles. The standard InChI is InChI=1S/C19H20N4O4/c1-25-12-13-8-9-23(11-13)19(24)20-15-6-4-14(5-7-15)17-21-22-18(27-17)16-3-2-10-26-16/h2-7,10,13H,8-9,11-12H2,1H3,(H,20,24). The van der Waals surface area contributed by atoms with Crippen molar-refractivity contribution in [3.05, 3.63) is 42.7 Å². The van der Waals surface area contributed by atoms with Crippen LogP contribution in [0.1, 0.15) is 6.42 Å². The van der Waals surface area contributed by atoms with Crippen LogP contribution in [0.3, 0.4) is 0 Å². The Morgan fingerprint density at radius 3 is 2.81 bits per heavy atom. The van der Waals surface area contributed by atoms with E-state index in [1.165, 1.54) is 0 Å². The van der Waals surface area contributed by atoms with Gasteiger partial charge in [-0.15, -0.1) is 10.2 Å². The maximum atomic E-state index is 12.4.